The topological polar surface area (TPSA) is 81.4 Å². The molecule has 0 bridgehead atoms. The second kappa shape index (κ2) is 8.74. The van der Waals surface area contributed by atoms with Crippen LogP contribution in [0.5, 0.6) is 0 Å². The molecule has 0 aliphatic carbocycles. The quantitative estimate of drug-likeness (QED) is 0.411. The minimum atomic E-state index is -2.86. The summed E-state index contributed by atoms with van der Waals surface area (Å²) < 4.78 is 18.3. The third kappa shape index (κ3) is 4.36. The predicted octanol–water partition coefficient (Wildman–Crippen LogP) is 5.21. The van der Waals surface area contributed by atoms with Crippen LogP contribution in [0.4, 0.5) is 11.4 Å². The summed E-state index contributed by atoms with van der Waals surface area (Å²) in [6, 6.07) is 16.3. The van der Waals surface area contributed by atoms with E-state index in [0.29, 0.717) is 35.0 Å². The van der Waals surface area contributed by atoms with Gasteiger partial charge < -0.3 is 15.6 Å². The lowest BCUT2D eigenvalue weighted by atomic mass is 10.1. The molecule has 28 heavy (non-hydrogen) atoms. The minimum absolute atomic E-state index is 0.274. The number of rotatable bonds is 7. The van der Waals surface area contributed by atoms with Crippen LogP contribution < -0.4 is 16.4 Å². The highest BCUT2D eigenvalue weighted by Gasteiger charge is 2.23. The van der Waals surface area contributed by atoms with Crippen LogP contribution in [0.1, 0.15) is 24.2 Å². The number of nitrogen functional groups attached to an aromatic ring is 1. The Hall–Kier alpha value is -2.40. The molecule has 0 saturated carbocycles. The van der Waals surface area contributed by atoms with Gasteiger partial charge in [0, 0.05) is 21.9 Å². The molecule has 3 aromatic rings. The molecule has 7 heteroatoms. The Balaban J connectivity index is 1.80. The molecule has 0 fully saturated rings. The Morgan fingerprint density at radius 3 is 2.50 bits per heavy atom. The monoisotopic (exact) mass is 414 g/mol. The van der Waals surface area contributed by atoms with Crippen molar-refractivity contribution in [3.8, 4) is 10.4 Å². The predicted molar refractivity (Wildman–Crippen MR) is 118 cm³/mol. The molecule has 3 N–H and O–H groups in total. The van der Waals surface area contributed by atoms with E-state index >= 15 is 0 Å². The fourth-order valence-electron chi connectivity index (χ4n) is 2.85. The number of anilines is 2. The smallest absolute Gasteiger partial charge is 0.255 e. The molecule has 1 heterocycles. The van der Waals surface area contributed by atoms with Crippen molar-refractivity contribution < 1.29 is 13.9 Å². The van der Waals surface area contributed by atoms with E-state index in [9.17, 15) is 9.36 Å². The van der Waals surface area contributed by atoms with Gasteiger partial charge in [-0.3, -0.25) is 9.36 Å². The molecule has 1 unspecified atom stereocenters. The van der Waals surface area contributed by atoms with Gasteiger partial charge in [0.1, 0.15) is 0 Å². The highest BCUT2D eigenvalue weighted by atomic mass is 32.1. The Morgan fingerprint density at radius 2 is 1.89 bits per heavy atom. The first-order valence-corrected chi connectivity index (χ1v) is 11.7. The van der Waals surface area contributed by atoms with Crippen LogP contribution in [0.2, 0.25) is 0 Å². The summed E-state index contributed by atoms with van der Waals surface area (Å²) in [6.07, 6.45) is 0.415. The van der Waals surface area contributed by atoms with Gasteiger partial charge in [-0.25, -0.2) is 0 Å². The van der Waals surface area contributed by atoms with Gasteiger partial charge in [0.2, 0.25) is 7.37 Å². The molecule has 2 aromatic carbocycles. The number of carbonyl (C=O) groups is 1. The van der Waals surface area contributed by atoms with E-state index in [1.165, 1.54) is 0 Å². The zero-order valence-corrected chi connectivity index (χ0v) is 17.6. The first-order valence-electron chi connectivity index (χ1n) is 9.06. The molecule has 0 aliphatic rings. The number of nitrogens with two attached hydrogens (primary N) is 1. The zero-order valence-electron chi connectivity index (χ0n) is 15.8. The van der Waals surface area contributed by atoms with E-state index in [1.54, 1.807) is 41.7 Å². The van der Waals surface area contributed by atoms with Crippen molar-refractivity contribution in [1.29, 1.82) is 0 Å². The van der Waals surface area contributed by atoms with E-state index < -0.39 is 7.37 Å². The average Bonchev–Trinajstić information content (AvgIpc) is 3.24. The first kappa shape index (κ1) is 20.3. The van der Waals surface area contributed by atoms with Crippen molar-refractivity contribution in [2.24, 2.45) is 0 Å². The lowest BCUT2D eigenvalue weighted by molar-refractivity contribution is 0.102. The second-order valence-corrected chi connectivity index (χ2v) is 9.89. The fourth-order valence-corrected chi connectivity index (χ4v) is 5.29. The summed E-state index contributed by atoms with van der Waals surface area (Å²) in [4.78, 5) is 13.8. The molecule has 5 nitrogen and oxygen atoms in total. The number of thiophene rings is 1. The first-order chi connectivity index (χ1) is 13.5. The summed E-state index contributed by atoms with van der Waals surface area (Å²) in [5.74, 6) is -0.274. The Bertz CT molecular complexity index is 1000. The van der Waals surface area contributed by atoms with Gasteiger partial charge in [-0.2, -0.15) is 0 Å². The summed E-state index contributed by atoms with van der Waals surface area (Å²) in [6.45, 7) is 4.03. The molecular formula is C21H23N2O3PS. The van der Waals surface area contributed by atoms with E-state index in [0.717, 1.165) is 10.4 Å². The third-order valence-electron chi connectivity index (χ3n) is 4.38. The second-order valence-electron chi connectivity index (χ2n) is 6.19. The van der Waals surface area contributed by atoms with Crippen LogP contribution in [0.25, 0.3) is 10.4 Å². The molecule has 3 rings (SSSR count). The molecule has 1 amide bonds. The molecule has 0 saturated heterocycles. The maximum absolute atomic E-state index is 12.8. The van der Waals surface area contributed by atoms with Crippen molar-refractivity contribution in [3.63, 3.8) is 0 Å². The minimum Gasteiger partial charge on any atom is -0.397 e. The molecule has 1 aromatic heterocycles. The van der Waals surface area contributed by atoms with Crippen LogP contribution in [-0.4, -0.2) is 18.7 Å². The highest BCUT2D eigenvalue weighted by molar-refractivity contribution is 7.66. The summed E-state index contributed by atoms with van der Waals surface area (Å²) in [5, 5.41) is 5.49. The van der Waals surface area contributed by atoms with E-state index in [2.05, 4.69) is 5.32 Å². The molecular weight excluding hydrogens is 391 g/mol. The lowest BCUT2D eigenvalue weighted by Gasteiger charge is -2.16. The molecule has 1 atom stereocenters. The van der Waals surface area contributed by atoms with Crippen molar-refractivity contribution in [3.05, 3.63) is 65.5 Å². The lowest BCUT2D eigenvalue weighted by Crippen LogP contribution is -2.15. The number of carbonyl (C=O) groups excluding carboxylic acids is 1. The van der Waals surface area contributed by atoms with Crippen molar-refractivity contribution in [2.45, 2.75) is 13.8 Å². The van der Waals surface area contributed by atoms with Gasteiger partial charge in [-0.15, -0.1) is 11.3 Å². The average molecular weight is 414 g/mol. The van der Waals surface area contributed by atoms with Gasteiger partial charge in [-0.1, -0.05) is 19.1 Å². The Labute approximate surface area is 169 Å². The van der Waals surface area contributed by atoms with E-state index in [1.807, 2.05) is 43.5 Å². The number of nitrogens with one attached hydrogen (secondary N) is 1. The largest absolute Gasteiger partial charge is 0.397 e. The van der Waals surface area contributed by atoms with Gasteiger partial charge in [-0.05, 0) is 60.3 Å². The molecule has 146 valence electrons. The van der Waals surface area contributed by atoms with Crippen LogP contribution in [0.15, 0.2) is 60.0 Å². The normalized spacial score (nSPS) is 13.1. The number of benzene rings is 2. The van der Waals surface area contributed by atoms with Crippen LogP contribution in [0.3, 0.4) is 0 Å². The van der Waals surface area contributed by atoms with Gasteiger partial charge in [0.05, 0.1) is 18.0 Å². The highest BCUT2D eigenvalue weighted by Crippen LogP contribution is 2.44. The van der Waals surface area contributed by atoms with Gasteiger partial charge >= 0.3 is 0 Å². The van der Waals surface area contributed by atoms with Crippen LogP contribution in [0, 0.1) is 0 Å². The number of hydrogen-bond acceptors (Lipinski definition) is 5. The number of amides is 1. The number of hydrogen-bond donors (Lipinski definition) is 2. The van der Waals surface area contributed by atoms with Crippen molar-refractivity contribution >= 4 is 41.3 Å². The van der Waals surface area contributed by atoms with Crippen LogP contribution >= 0.6 is 18.7 Å². The Morgan fingerprint density at radius 1 is 1.14 bits per heavy atom. The summed E-state index contributed by atoms with van der Waals surface area (Å²) in [7, 11) is -2.86. The van der Waals surface area contributed by atoms with Crippen molar-refractivity contribution in [1.82, 2.24) is 0 Å². The summed E-state index contributed by atoms with van der Waals surface area (Å²) >= 11 is 1.62. The SMILES string of the molecule is CCOP(=O)(CC)c1ccc(C(=O)Nc2cc(-c3cccs3)ccc2N)cc1. The fraction of sp³-hybridized carbons (Fsp3) is 0.190. The zero-order chi connectivity index (χ0) is 20.1. The summed E-state index contributed by atoms with van der Waals surface area (Å²) in [5.41, 5.74) is 8.56. The van der Waals surface area contributed by atoms with Gasteiger partial charge in [0.15, 0.2) is 0 Å². The van der Waals surface area contributed by atoms with Crippen LogP contribution in [-0.2, 0) is 9.09 Å². The maximum Gasteiger partial charge on any atom is 0.255 e. The van der Waals surface area contributed by atoms with Gasteiger partial charge in [0.25, 0.3) is 5.91 Å². The van der Waals surface area contributed by atoms with E-state index in [-0.39, 0.29) is 5.91 Å². The maximum atomic E-state index is 12.8. The third-order valence-corrected chi connectivity index (χ3v) is 7.90. The Kier molecular flexibility index (Phi) is 6.35. The molecule has 0 radical (unpaired) electrons. The molecule has 0 aliphatic heterocycles. The van der Waals surface area contributed by atoms with Crippen molar-refractivity contribution in [2.75, 3.05) is 23.8 Å². The standard InChI is InChI=1S/C21H23N2O3PS/c1-3-26-27(25,4-2)17-10-7-15(8-11-17)21(24)23-19-14-16(9-12-18(19)22)20-6-5-13-28-20/h5-14H,3-4,22H2,1-2H3,(H,23,24). The van der Waals surface area contributed by atoms with E-state index in [4.69, 9.17) is 10.3 Å². The molecule has 0 spiro atoms.